The second-order valence-corrected chi connectivity index (χ2v) is 5.52. The number of fused-ring (bicyclic) bond motifs is 1. The Balaban J connectivity index is 2.14. The fourth-order valence-corrected chi connectivity index (χ4v) is 2.65. The summed E-state index contributed by atoms with van der Waals surface area (Å²) in [5.74, 6) is -0.472. The number of rotatable bonds is 1. The minimum atomic E-state index is -0.355. The largest absolute Gasteiger partial charge is 0.311 e. The molecule has 100 valence electrons. The molecule has 2 aromatic rings. The Hall–Kier alpha value is -1.94. The smallest absolute Gasteiger partial charge is 0.258 e. The second-order valence-electron chi connectivity index (χ2n) is 4.61. The molecule has 1 amide bonds. The van der Waals surface area contributed by atoms with E-state index in [1.54, 1.807) is 30.2 Å². The molecule has 4 heteroatoms. The highest BCUT2D eigenvalue weighted by atomic mass is 79.9. The van der Waals surface area contributed by atoms with Gasteiger partial charge in [0, 0.05) is 28.2 Å². The standard InChI is InChI=1S/C16H11BrFNO/c1-19-15-5-3-2-4-12(15)13(16(19)20)8-10-6-7-11(17)9-14(10)18/h2-9H,1H3. The molecule has 0 spiro atoms. The fourth-order valence-electron chi connectivity index (χ4n) is 2.31. The van der Waals surface area contributed by atoms with Crippen molar-refractivity contribution in [3.05, 3.63) is 63.9 Å². The average Bonchev–Trinajstić information content (AvgIpc) is 2.67. The van der Waals surface area contributed by atoms with E-state index in [4.69, 9.17) is 0 Å². The van der Waals surface area contributed by atoms with Crippen molar-refractivity contribution in [3.8, 4) is 0 Å². The highest BCUT2D eigenvalue weighted by Gasteiger charge is 2.29. The van der Waals surface area contributed by atoms with Crippen molar-refractivity contribution < 1.29 is 9.18 Å². The zero-order valence-corrected chi connectivity index (χ0v) is 12.3. The van der Waals surface area contributed by atoms with Gasteiger partial charge in [-0.2, -0.15) is 0 Å². The first-order chi connectivity index (χ1) is 9.58. The Morgan fingerprint density at radius 2 is 1.95 bits per heavy atom. The van der Waals surface area contributed by atoms with Gasteiger partial charge in [0.25, 0.3) is 5.91 Å². The van der Waals surface area contributed by atoms with E-state index in [2.05, 4.69) is 15.9 Å². The number of halogens is 2. The van der Waals surface area contributed by atoms with Gasteiger partial charge in [-0.3, -0.25) is 4.79 Å². The molecule has 0 bridgehead atoms. The van der Waals surface area contributed by atoms with Gasteiger partial charge in [0.05, 0.1) is 5.69 Å². The van der Waals surface area contributed by atoms with Crippen molar-refractivity contribution in [3.63, 3.8) is 0 Å². The third-order valence-electron chi connectivity index (χ3n) is 3.35. The summed E-state index contributed by atoms with van der Waals surface area (Å²) in [4.78, 5) is 13.9. The van der Waals surface area contributed by atoms with Gasteiger partial charge < -0.3 is 4.90 Å². The molecule has 20 heavy (non-hydrogen) atoms. The van der Waals surface area contributed by atoms with Gasteiger partial charge in [0.1, 0.15) is 5.82 Å². The van der Waals surface area contributed by atoms with Crippen LogP contribution in [0.2, 0.25) is 0 Å². The van der Waals surface area contributed by atoms with Crippen LogP contribution in [0.4, 0.5) is 10.1 Å². The lowest BCUT2D eigenvalue weighted by Crippen LogP contribution is -2.20. The molecule has 0 aromatic heterocycles. The molecule has 0 saturated carbocycles. The van der Waals surface area contributed by atoms with Crippen LogP contribution in [-0.2, 0) is 4.79 Å². The summed E-state index contributed by atoms with van der Waals surface area (Å²) in [6.45, 7) is 0. The number of benzene rings is 2. The van der Waals surface area contributed by atoms with Crippen LogP contribution in [-0.4, -0.2) is 13.0 Å². The summed E-state index contributed by atoms with van der Waals surface area (Å²) < 4.78 is 14.6. The van der Waals surface area contributed by atoms with Crippen LogP contribution in [0.1, 0.15) is 11.1 Å². The van der Waals surface area contributed by atoms with Gasteiger partial charge in [-0.25, -0.2) is 4.39 Å². The second kappa shape index (κ2) is 4.87. The highest BCUT2D eigenvalue weighted by molar-refractivity contribution is 9.10. The summed E-state index contributed by atoms with van der Waals surface area (Å²) in [6.07, 6.45) is 1.60. The molecule has 3 rings (SSSR count). The normalized spacial score (nSPS) is 15.8. The summed E-state index contributed by atoms with van der Waals surface area (Å²) in [7, 11) is 1.72. The van der Waals surface area contributed by atoms with Crippen molar-refractivity contribution in [2.45, 2.75) is 0 Å². The van der Waals surface area contributed by atoms with E-state index in [1.165, 1.54) is 6.07 Å². The Bertz CT molecular complexity index is 739. The van der Waals surface area contributed by atoms with Crippen LogP contribution < -0.4 is 4.90 Å². The van der Waals surface area contributed by atoms with Gasteiger partial charge in [-0.05, 0) is 24.3 Å². The van der Waals surface area contributed by atoms with Gasteiger partial charge >= 0.3 is 0 Å². The number of anilines is 1. The van der Waals surface area contributed by atoms with E-state index in [0.717, 1.165) is 11.3 Å². The third kappa shape index (κ3) is 2.06. The number of carbonyl (C=O) groups excluding carboxylic acids is 1. The van der Waals surface area contributed by atoms with E-state index in [0.29, 0.717) is 15.6 Å². The minimum absolute atomic E-state index is 0.117. The van der Waals surface area contributed by atoms with Crippen LogP contribution in [0.5, 0.6) is 0 Å². The predicted molar refractivity (Wildman–Crippen MR) is 81.8 cm³/mol. The monoisotopic (exact) mass is 331 g/mol. The van der Waals surface area contributed by atoms with Crippen molar-refractivity contribution in [2.24, 2.45) is 0 Å². The van der Waals surface area contributed by atoms with Crippen molar-refractivity contribution in [1.82, 2.24) is 0 Å². The lowest BCUT2D eigenvalue weighted by molar-refractivity contribution is -0.112. The summed E-state index contributed by atoms with van der Waals surface area (Å²) in [5, 5.41) is 0. The zero-order chi connectivity index (χ0) is 14.3. The molecule has 2 aromatic carbocycles. The van der Waals surface area contributed by atoms with Gasteiger partial charge in [0.15, 0.2) is 0 Å². The molecule has 0 N–H and O–H groups in total. The number of hydrogen-bond acceptors (Lipinski definition) is 1. The van der Waals surface area contributed by atoms with Gasteiger partial charge in [-0.15, -0.1) is 0 Å². The Morgan fingerprint density at radius 3 is 2.70 bits per heavy atom. The van der Waals surface area contributed by atoms with Gasteiger partial charge in [-0.1, -0.05) is 40.2 Å². The molecule has 0 fully saturated rings. The molecule has 0 atom stereocenters. The quantitative estimate of drug-likeness (QED) is 0.720. The van der Waals surface area contributed by atoms with Crippen LogP contribution in [0.15, 0.2) is 46.9 Å². The summed E-state index contributed by atoms with van der Waals surface area (Å²) in [5.41, 5.74) is 2.61. The lowest BCUT2D eigenvalue weighted by Gasteiger charge is -2.08. The Morgan fingerprint density at radius 1 is 1.20 bits per heavy atom. The van der Waals surface area contributed by atoms with Crippen LogP contribution in [0.3, 0.4) is 0 Å². The maximum Gasteiger partial charge on any atom is 0.258 e. The predicted octanol–water partition coefficient (Wildman–Crippen LogP) is 4.11. The van der Waals surface area contributed by atoms with E-state index in [1.807, 2.05) is 24.3 Å². The van der Waals surface area contributed by atoms with Crippen molar-refractivity contribution >= 4 is 39.2 Å². The van der Waals surface area contributed by atoms with Crippen molar-refractivity contribution in [1.29, 1.82) is 0 Å². The number of hydrogen-bond donors (Lipinski definition) is 0. The zero-order valence-electron chi connectivity index (χ0n) is 10.7. The Labute approximate surface area is 124 Å². The third-order valence-corrected chi connectivity index (χ3v) is 3.85. The van der Waals surface area contributed by atoms with E-state index >= 15 is 0 Å². The van der Waals surface area contributed by atoms with E-state index in [9.17, 15) is 9.18 Å². The van der Waals surface area contributed by atoms with Crippen LogP contribution in [0, 0.1) is 5.82 Å². The number of nitrogens with zero attached hydrogens (tertiary/aromatic N) is 1. The molecule has 1 heterocycles. The number of amides is 1. The molecule has 0 radical (unpaired) electrons. The molecular weight excluding hydrogens is 321 g/mol. The highest BCUT2D eigenvalue weighted by Crippen LogP contribution is 2.36. The van der Waals surface area contributed by atoms with E-state index in [-0.39, 0.29) is 11.7 Å². The molecule has 2 nitrogen and oxygen atoms in total. The van der Waals surface area contributed by atoms with Gasteiger partial charge in [0.2, 0.25) is 0 Å². The van der Waals surface area contributed by atoms with Crippen molar-refractivity contribution in [2.75, 3.05) is 11.9 Å². The molecule has 1 aliphatic heterocycles. The molecule has 0 unspecified atom stereocenters. The maximum atomic E-state index is 13.9. The number of likely N-dealkylation sites (N-methyl/N-ethyl adjacent to an activating group) is 1. The minimum Gasteiger partial charge on any atom is -0.311 e. The lowest BCUT2D eigenvalue weighted by atomic mass is 10.0. The molecule has 0 aliphatic carbocycles. The maximum absolute atomic E-state index is 13.9. The number of carbonyl (C=O) groups is 1. The SMILES string of the molecule is CN1C(=O)C(=Cc2ccc(Br)cc2F)c2ccccc21. The number of para-hydroxylation sites is 1. The summed E-state index contributed by atoms with van der Waals surface area (Å²) in [6, 6.07) is 12.3. The first kappa shape index (κ1) is 13.1. The first-order valence-electron chi connectivity index (χ1n) is 6.12. The average molecular weight is 332 g/mol. The molecule has 1 aliphatic rings. The van der Waals surface area contributed by atoms with Crippen LogP contribution in [0.25, 0.3) is 11.6 Å². The molecule has 0 saturated heterocycles. The summed E-state index contributed by atoms with van der Waals surface area (Å²) >= 11 is 3.22. The Kier molecular flexibility index (Phi) is 3.18. The molecular formula is C16H11BrFNO. The van der Waals surface area contributed by atoms with Crippen LogP contribution >= 0.6 is 15.9 Å². The topological polar surface area (TPSA) is 20.3 Å². The first-order valence-corrected chi connectivity index (χ1v) is 6.91. The van der Waals surface area contributed by atoms with E-state index < -0.39 is 0 Å². The fraction of sp³-hybridized carbons (Fsp3) is 0.0625.